The summed E-state index contributed by atoms with van der Waals surface area (Å²) in [5.41, 5.74) is 0. The van der Waals surface area contributed by atoms with E-state index >= 15 is 0 Å². The van der Waals surface area contributed by atoms with Crippen LogP contribution in [0.3, 0.4) is 0 Å². The van der Waals surface area contributed by atoms with Gasteiger partial charge in [0, 0.05) is 13.1 Å². The van der Waals surface area contributed by atoms with Gasteiger partial charge in [-0.15, -0.1) is 0 Å². The van der Waals surface area contributed by atoms with Crippen LogP contribution in [0.2, 0.25) is 0 Å². The Morgan fingerprint density at radius 3 is 2.33 bits per heavy atom. The van der Waals surface area contributed by atoms with Gasteiger partial charge in [-0.1, -0.05) is 57.6 Å². The molecule has 1 heteroatoms. The first-order chi connectivity index (χ1) is 7.43. The van der Waals surface area contributed by atoms with Crippen LogP contribution in [-0.4, -0.2) is 24.5 Å². The van der Waals surface area contributed by atoms with Gasteiger partial charge in [-0.05, 0) is 19.4 Å². The second-order valence-electron chi connectivity index (χ2n) is 4.68. The summed E-state index contributed by atoms with van der Waals surface area (Å²) in [6.45, 7) is 6.07. The minimum atomic E-state index is 1.19. The highest BCUT2D eigenvalue weighted by Crippen LogP contribution is 2.08. The lowest BCUT2D eigenvalue weighted by atomic mass is 10.1. The fourth-order valence-corrected chi connectivity index (χ4v) is 2.19. The zero-order chi connectivity index (χ0) is 10.8. The maximum absolute atomic E-state index is 2.58. The Morgan fingerprint density at radius 1 is 0.933 bits per heavy atom. The van der Waals surface area contributed by atoms with Crippen LogP contribution in [-0.2, 0) is 0 Å². The number of hydrogen-bond donors (Lipinski definition) is 0. The molecular formula is C14H27N. The summed E-state index contributed by atoms with van der Waals surface area (Å²) in [5, 5.41) is 0. The number of hydrogen-bond acceptors (Lipinski definition) is 1. The molecule has 0 radical (unpaired) electrons. The maximum Gasteiger partial charge on any atom is 0.0163 e. The van der Waals surface area contributed by atoms with E-state index in [-0.39, 0.29) is 0 Å². The zero-order valence-corrected chi connectivity index (χ0v) is 10.4. The van der Waals surface area contributed by atoms with E-state index in [1.807, 2.05) is 0 Å². The Hall–Kier alpha value is -0.300. The van der Waals surface area contributed by atoms with Crippen molar-refractivity contribution in [1.29, 1.82) is 0 Å². The van der Waals surface area contributed by atoms with E-state index < -0.39 is 0 Å². The van der Waals surface area contributed by atoms with Crippen molar-refractivity contribution in [2.45, 2.75) is 58.3 Å². The van der Waals surface area contributed by atoms with Crippen molar-refractivity contribution in [3.63, 3.8) is 0 Å². The number of nitrogens with zero attached hydrogens (tertiary/aromatic N) is 1. The first-order valence-corrected chi connectivity index (χ1v) is 6.81. The van der Waals surface area contributed by atoms with E-state index in [9.17, 15) is 0 Å². The van der Waals surface area contributed by atoms with Gasteiger partial charge in [0.05, 0.1) is 0 Å². The van der Waals surface area contributed by atoms with Crippen LogP contribution >= 0.6 is 0 Å². The molecule has 0 spiro atoms. The molecule has 0 saturated heterocycles. The Kier molecular flexibility index (Phi) is 7.63. The Balaban J connectivity index is 1.82. The maximum atomic E-state index is 2.58. The summed E-state index contributed by atoms with van der Waals surface area (Å²) in [7, 11) is 0. The number of rotatable bonds is 8. The molecule has 0 N–H and O–H groups in total. The Labute approximate surface area is 95.5 Å². The third-order valence-electron chi connectivity index (χ3n) is 3.22. The highest BCUT2D eigenvalue weighted by molar-refractivity contribution is 4.90. The van der Waals surface area contributed by atoms with Crippen LogP contribution in [0.25, 0.3) is 0 Å². The first kappa shape index (κ1) is 12.8. The van der Waals surface area contributed by atoms with E-state index in [1.54, 1.807) is 0 Å². The zero-order valence-electron chi connectivity index (χ0n) is 10.4. The van der Waals surface area contributed by atoms with E-state index in [1.165, 1.54) is 71.0 Å². The van der Waals surface area contributed by atoms with Gasteiger partial charge in [-0.25, -0.2) is 0 Å². The molecule has 0 aliphatic carbocycles. The van der Waals surface area contributed by atoms with Crippen molar-refractivity contribution >= 4 is 0 Å². The molecule has 1 heterocycles. The van der Waals surface area contributed by atoms with E-state index in [2.05, 4.69) is 24.0 Å². The predicted molar refractivity (Wildman–Crippen MR) is 68.2 cm³/mol. The van der Waals surface area contributed by atoms with Gasteiger partial charge in [0.15, 0.2) is 0 Å². The molecule has 0 aromatic rings. The molecule has 1 aliphatic rings. The first-order valence-electron chi connectivity index (χ1n) is 6.81. The van der Waals surface area contributed by atoms with E-state index in [0.717, 1.165) is 0 Å². The third-order valence-corrected chi connectivity index (χ3v) is 3.22. The van der Waals surface area contributed by atoms with Crippen molar-refractivity contribution in [2.24, 2.45) is 0 Å². The summed E-state index contributed by atoms with van der Waals surface area (Å²) in [4.78, 5) is 2.58. The van der Waals surface area contributed by atoms with Crippen molar-refractivity contribution in [2.75, 3.05) is 19.6 Å². The topological polar surface area (TPSA) is 3.24 Å². The molecule has 1 aliphatic heterocycles. The fourth-order valence-electron chi connectivity index (χ4n) is 2.19. The molecule has 0 aromatic carbocycles. The minimum Gasteiger partial charge on any atom is -0.299 e. The van der Waals surface area contributed by atoms with Crippen LogP contribution in [0, 0.1) is 0 Å². The fraction of sp³-hybridized carbons (Fsp3) is 0.857. The lowest BCUT2D eigenvalue weighted by molar-refractivity contribution is 0.290. The highest BCUT2D eigenvalue weighted by atomic mass is 15.1. The van der Waals surface area contributed by atoms with Gasteiger partial charge in [0.1, 0.15) is 0 Å². The van der Waals surface area contributed by atoms with Crippen molar-refractivity contribution in [1.82, 2.24) is 4.90 Å². The largest absolute Gasteiger partial charge is 0.299 e. The molecule has 88 valence electrons. The molecule has 15 heavy (non-hydrogen) atoms. The van der Waals surface area contributed by atoms with Gasteiger partial charge >= 0.3 is 0 Å². The summed E-state index contributed by atoms with van der Waals surface area (Å²) < 4.78 is 0. The molecule has 0 aromatic heterocycles. The summed E-state index contributed by atoms with van der Waals surface area (Å²) >= 11 is 0. The van der Waals surface area contributed by atoms with Crippen LogP contribution in [0.15, 0.2) is 12.2 Å². The average molecular weight is 209 g/mol. The van der Waals surface area contributed by atoms with Crippen LogP contribution in [0.4, 0.5) is 0 Å². The van der Waals surface area contributed by atoms with Gasteiger partial charge in [0.2, 0.25) is 0 Å². The van der Waals surface area contributed by atoms with E-state index in [0.29, 0.717) is 0 Å². The lowest BCUT2D eigenvalue weighted by Crippen LogP contribution is -2.28. The molecule has 0 bridgehead atoms. The molecule has 0 saturated carbocycles. The average Bonchev–Trinajstić information content (AvgIpc) is 2.29. The van der Waals surface area contributed by atoms with Crippen LogP contribution < -0.4 is 0 Å². The van der Waals surface area contributed by atoms with Gasteiger partial charge in [-0.3, -0.25) is 4.90 Å². The summed E-state index contributed by atoms with van der Waals surface area (Å²) in [5.74, 6) is 0. The Morgan fingerprint density at radius 2 is 1.67 bits per heavy atom. The summed E-state index contributed by atoms with van der Waals surface area (Å²) in [6, 6.07) is 0. The predicted octanol–water partition coefficient (Wildman–Crippen LogP) is 4.00. The normalized spacial score (nSPS) is 17.1. The Bertz CT molecular complexity index is 163. The second kappa shape index (κ2) is 8.96. The molecule has 0 amide bonds. The van der Waals surface area contributed by atoms with Crippen LogP contribution in [0.5, 0.6) is 0 Å². The molecule has 0 fully saturated rings. The number of unbranched alkanes of at least 4 members (excludes halogenated alkanes) is 6. The minimum absolute atomic E-state index is 1.19. The van der Waals surface area contributed by atoms with Crippen molar-refractivity contribution in [3.05, 3.63) is 12.2 Å². The van der Waals surface area contributed by atoms with E-state index in [4.69, 9.17) is 0 Å². The standard InChI is InChI=1S/C14H27N/c1-2-3-4-5-6-7-9-12-15-13-10-8-11-14-15/h8,10H,2-7,9,11-14H2,1H3. The molecule has 0 atom stereocenters. The lowest BCUT2D eigenvalue weighted by Gasteiger charge is -2.22. The molecule has 0 unspecified atom stereocenters. The monoisotopic (exact) mass is 209 g/mol. The highest BCUT2D eigenvalue weighted by Gasteiger charge is 2.04. The quantitative estimate of drug-likeness (QED) is 0.431. The molecule has 1 nitrogen and oxygen atoms in total. The molecule has 1 rings (SSSR count). The van der Waals surface area contributed by atoms with Gasteiger partial charge in [0.25, 0.3) is 0 Å². The molecular weight excluding hydrogens is 182 g/mol. The second-order valence-corrected chi connectivity index (χ2v) is 4.68. The van der Waals surface area contributed by atoms with Crippen LogP contribution in [0.1, 0.15) is 58.3 Å². The third kappa shape index (κ3) is 6.72. The smallest absolute Gasteiger partial charge is 0.0163 e. The SMILES string of the molecule is CCCCCCCCCN1CC=CCC1. The summed E-state index contributed by atoms with van der Waals surface area (Å²) in [6.07, 6.45) is 15.9. The van der Waals surface area contributed by atoms with Gasteiger partial charge in [-0.2, -0.15) is 0 Å². The van der Waals surface area contributed by atoms with Gasteiger partial charge < -0.3 is 0 Å². The van der Waals surface area contributed by atoms with Crippen molar-refractivity contribution in [3.8, 4) is 0 Å². The van der Waals surface area contributed by atoms with Crippen molar-refractivity contribution < 1.29 is 0 Å².